The van der Waals surface area contributed by atoms with Gasteiger partial charge in [0.25, 0.3) is 0 Å². The van der Waals surface area contributed by atoms with Gasteiger partial charge in [-0.15, -0.1) is 0 Å². The fraction of sp³-hybridized carbons (Fsp3) is 1.00. The van der Waals surface area contributed by atoms with E-state index in [4.69, 9.17) is 10.2 Å². The molecule has 90 valence electrons. The lowest BCUT2D eigenvalue weighted by atomic mass is 9.92. The molecule has 0 aromatic rings. The first-order valence-electron chi connectivity index (χ1n) is 5.68. The van der Waals surface area contributed by atoms with Gasteiger partial charge in [0.15, 0.2) is 0 Å². The molecule has 4 heteroatoms. The summed E-state index contributed by atoms with van der Waals surface area (Å²) in [5.74, 6) is 0. The smallest absolute Gasteiger partial charge is 0.0771 e. The van der Waals surface area contributed by atoms with Gasteiger partial charge in [0, 0.05) is 18.5 Å². The molecule has 0 aliphatic heterocycles. The number of aliphatic hydroxyl groups is 3. The van der Waals surface area contributed by atoms with Gasteiger partial charge in [-0.25, -0.2) is 0 Å². The third-order valence-corrected chi connectivity index (χ3v) is 3.30. The molecule has 1 saturated carbocycles. The lowest BCUT2D eigenvalue weighted by Gasteiger charge is -2.28. The van der Waals surface area contributed by atoms with Crippen molar-refractivity contribution in [2.75, 3.05) is 26.3 Å². The van der Waals surface area contributed by atoms with Crippen molar-refractivity contribution in [3.63, 3.8) is 0 Å². The van der Waals surface area contributed by atoms with Gasteiger partial charge < -0.3 is 20.6 Å². The second kappa shape index (κ2) is 5.25. The predicted octanol–water partition coefficient (Wildman–Crippen LogP) is -0.128. The summed E-state index contributed by atoms with van der Waals surface area (Å²) < 4.78 is 0. The zero-order valence-corrected chi connectivity index (χ0v) is 9.50. The monoisotopic (exact) mass is 217 g/mol. The highest BCUT2D eigenvalue weighted by Gasteiger charge is 2.31. The Balaban J connectivity index is 2.25. The maximum atomic E-state index is 10.0. The van der Waals surface area contributed by atoms with Crippen LogP contribution in [0, 0.1) is 5.41 Å². The zero-order valence-electron chi connectivity index (χ0n) is 9.50. The maximum Gasteiger partial charge on any atom is 0.0771 e. The van der Waals surface area contributed by atoms with Gasteiger partial charge in [0.2, 0.25) is 0 Å². The minimum absolute atomic E-state index is 0.0467. The fourth-order valence-electron chi connectivity index (χ4n) is 1.97. The highest BCUT2D eigenvalue weighted by Crippen LogP contribution is 2.28. The van der Waals surface area contributed by atoms with E-state index >= 15 is 0 Å². The molecular formula is C11H23NO3. The minimum Gasteiger partial charge on any atom is -0.396 e. The number of hydrogen-bond donors (Lipinski definition) is 4. The van der Waals surface area contributed by atoms with Crippen LogP contribution in [0.25, 0.3) is 0 Å². The van der Waals surface area contributed by atoms with Crippen molar-refractivity contribution in [2.45, 2.75) is 38.2 Å². The topological polar surface area (TPSA) is 72.7 Å². The molecule has 1 rings (SSSR count). The molecule has 1 aliphatic rings. The van der Waals surface area contributed by atoms with Gasteiger partial charge in [-0.1, -0.05) is 19.8 Å². The van der Waals surface area contributed by atoms with Gasteiger partial charge >= 0.3 is 0 Å². The fourth-order valence-corrected chi connectivity index (χ4v) is 1.97. The average molecular weight is 217 g/mol. The van der Waals surface area contributed by atoms with E-state index in [0.29, 0.717) is 13.1 Å². The van der Waals surface area contributed by atoms with Gasteiger partial charge in [0.05, 0.1) is 18.8 Å². The number of rotatable bonds is 6. The molecule has 0 aromatic carbocycles. The van der Waals surface area contributed by atoms with Crippen LogP contribution in [0.1, 0.15) is 32.6 Å². The van der Waals surface area contributed by atoms with E-state index < -0.39 is 11.0 Å². The number of hydrogen-bond acceptors (Lipinski definition) is 4. The normalized spacial score (nSPS) is 20.8. The molecule has 15 heavy (non-hydrogen) atoms. The Morgan fingerprint density at radius 3 is 2.20 bits per heavy atom. The lowest BCUT2D eigenvalue weighted by molar-refractivity contribution is 0.0327. The Morgan fingerprint density at radius 2 is 1.73 bits per heavy atom. The first kappa shape index (κ1) is 12.9. The van der Waals surface area contributed by atoms with Crippen LogP contribution >= 0.6 is 0 Å². The van der Waals surface area contributed by atoms with E-state index in [9.17, 15) is 5.11 Å². The van der Waals surface area contributed by atoms with E-state index in [1.165, 1.54) is 0 Å². The first-order valence-corrected chi connectivity index (χ1v) is 5.68. The van der Waals surface area contributed by atoms with Crippen molar-refractivity contribution in [1.29, 1.82) is 0 Å². The second-order valence-electron chi connectivity index (χ2n) is 5.16. The van der Waals surface area contributed by atoms with E-state index in [1.807, 2.05) is 6.92 Å². The van der Waals surface area contributed by atoms with Crippen molar-refractivity contribution < 1.29 is 15.3 Å². The van der Waals surface area contributed by atoms with Gasteiger partial charge in [-0.3, -0.25) is 0 Å². The second-order valence-corrected chi connectivity index (χ2v) is 5.16. The highest BCUT2D eigenvalue weighted by molar-refractivity contribution is 4.87. The van der Waals surface area contributed by atoms with Crippen LogP contribution in [0.2, 0.25) is 0 Å². The standard InChI is InChI=1S/C11H23NO3/c1-10(8-13,9-14)6-12-7-11(15)4-2-3-5-11/h12-15H,2-9H2,1H3. The molecule has 0 heterocycles. The van der Waals surface area contributed by atoms with E-state index in [-0.39, 0.29) is 13.2 Å². The van der Waals surface area contributed by atoms with Gasteiger partial charge in [0.1, 0.15) is 0 Å². The molecule has 1 aliphatic carbocycles. The van der Waals surface area contributed by atoms with Gasteiger partial charge in [-0.2, -0.15) is 0 Å². The summed E-state index contributed by atoms with van der Waals surface area (Å²) in [5, 5.41) is 31.3. The molecule has 0 saturated heterocycles. The SMILES string of the molecule is CC(CO)(CO)CNCC1(O)CCCC1. The summed E-state index contributed by atoms with van der Waals surface area (Å²) in [6.45, 7) is 2.81. The third kappa shape index (κ3) is 3.72. The number of nitrogens with one attached hydrogen (secondary N) is 1. The quantitative estimate of drug-likeness (QED) is 0.500. The summed E-state index contributed by atoms with van der Waals surface area (Å²) in [6, 6.07) is 0. The van der Waals surface area contributed by atoms with Crippen LogP contribution in [-0.2, 0) is 0 Å². The Kier molecular flexibility index (Phi) is 4.52. The van der Waals surface area contributed by atoms with E-state index in [0.717, 1.165) is 25.7 Å². The van der Waals surface area contributed by atoms with E-state index in [2.05, 4.69) is 5.32 Å². The summed E-state index contributed by atoms with van der Waals surface area (Å²) >= 11 is 0. The zero-order chi connectivity index (χ0) is 11.4. The lowest BCUT2D eigenvalue weighted by Crippen LogP contribution is -2.44. The van der Waals surface area contributed by atoms with Gasteiger partial charge in [-0.05, 0) is 12.8 Å². The highest BCUT2D eigenvalue weighted by atomic mass is 16.3. The molecular weight excluding hydrogens is 194 g/mol. The summed E-state index contributed by atoms with van der Waals surface area (Å²) in [6.07, 6.45) is 3.90. The molecule has 4 N–H and O–H groups in total. The molecule has 0 unspecified atom stereocenters. The largest absolute Gasteiger partial charge is 0.396 e. The Bertz CT molecular complexity index is 182. The van der Waals surface area contributed by atoms with Crippen molar-refractivity contribution in [3.05, 3.63) is 0 Å². The maximum absolute atomic E-state index is 10.0. The Morgan fingerprint density at radius 1 is 1.20 bits per heavy atom. The van der Waals surface area contributed by atoms with Crippen LogP contribution in [0.5, 0.6) is 0 Å². The molecule has 0 spiro atoms. The van der Waals surface area contributed by atoms with Crippen molar-refractivity contribution in [3.8, 4) is 0 Å². The van der Waals surface area contributed by atoms with Crippen molar-refractivity contribution in [2.24, 2.45) is 5.41 Å². The summed E-state index contributed by atoms with van der Waals surface area (Å²) in [7, 11) is 0. The van der Waals surface area contributed by atoms with Crippen LogP contribution in [0.15, 0.2) is 0 Å². The molecule has 0 atom stereocenters. The average Bonchev–Trinajstić information content (AvgIpc) is 2.65. The molecule has 4 nitrogen and oxygen atoms in total. The van der Waals surface area contributed by atoms with E-state index in [1.54, 1.807) is 0 Å². The number of aliphatic hydroxyl groups excluding tert-OH is 2. The first-order chi connectivity index (χ1) is 7.04. The molecule has 0 radical (unpaired) electrons. The van der Waals surface area contributed by atoms with Crippen LogP contribution in [0.4, 0.5) is 0 Å². The predicted molar refractivity (Wildman–Crippen MR) is 58.6 cm³/mol. The van der Waals surface area contributed by atoms with Crippen molar-refractivity contribution >= 4 is 0 Å². The van der Waals surface area contributed by atoms with Crippen molar-refractivity contribution in [1.82, 2.24) is 5.32 Å². The van der Waals surface area contributed by atoms with Crippen LogP contribution in [-0.4, -0.2) is 47.2 Å². The van der Waals surface area contributed by atoms with Crippen LogP contribution < -0.4 is 5.32 Å². The minimum atomic E-state index is -0.564. The summed E-state index contributed by atoms with van der Waals surface area (Å²) in [5.41, 5.74) is -1.05. The molecule has 0 amide bonds. The molecule has 0 aromatic heterocycles. The molecule has 1 fully saturated rings. The summed E-state index contributed by atoms with van der Waals surface area (Å²) in [4.78, 5) is 0. The molecule has 0 bridgehead atoms. The Labute approximate surface area is 91.3 Å². The third-order valence-electron chi connectivity index (χ3n) is 3.30. The Hall–Kier alpha value is -0.160. The van der Waals surface area contributed by atoms with Crippen LogP contribution in [0.3, 0.4) is 0 Å².